The molecule has 6 nitrogen and oxygen atoms in total. The van der Waals surface area contributed by atoms with Crippen molar-refractivity contribution in [2.45, 2.75) is 25.3 Å². The lowest BCUT2D eigenvalue weighted by Crippen LogP contribution is -2.26. The van der Waals surface area contributed by atoms with Gasteiger partial charge in [-0.3, -0.25) is 4.79 Å². The van der Waals surface area contributed by atoms with E-state index in [9.17, 15) is 14.7 Å². The van der Waals surface area contributed by atoms with Crippen molar-refractivity contribution < 1.29 is 14.3 Å². The SMILES string of the molecule is C#Cc1c(N2CCC(CNC)C2)c(F)cc2c(=O)c(C(=O)O)cn(C3CC3)c12. The van der Waals surface area contributed by atoms with E-state index in [0.717, 1.165) is 31.9 Å². The number of carboxylic acids is 1. The minimum atomic E-state index is -1.32. The standard InChI is InChI=1S/C21H22FN3O3/c1-3-14-18-15(20(26)16(21(27)28)11-25(18)13-4-5-13)8-17(22)19(14)24-7-6-12(10-24)9-23-2/h1,8,11-13,23H,4-7,9-10H2,2H3,(H,27,28). The molecule has 1 saturated heterocycles. The maximum atomic E-state index is 15.1. The van der Waals surface area contributed by atoms with Crippen molar-refractivity contribution in [3.63, 3.8) is 0 Å². The first-order valence-corrected chi connectivity index (χ1v) is 9.47. The molecule has 146 valence electrons. The van der Waals surface area contributed by atoms with E-state index in [1.165, 1.54) is 6.20 Å². The number of rotatable bonds is 5. The van der Waals surface area contributed by atoms with Gasteiger partial charge in [0.15, 0.2) is 0 Å². The van der Waals surface area contributed by atoms with Crippen molar-refractivity contribution in [3.05, 3.63) is 39.4 Å². The summed E-state index contributed by atoms with van der Waals surface area (Å²) in [5, 5.41) is 12.6. The molecule has 0 bridgehead atoms. The van der Waals surface area contributed by atoms with Crippen LogP contribution in [0.2, 0.25) is 0 Å². The molecular weight excluding hydrogens is 361 g/mol. The number of carbonyl (C=O) groups is 1. The van der Waals surface area contributed by atoms with E-state index in [1.54, 1.807) is 4.57 Å². The number of aromatic nitrogens is 1. The Hall–Kier alpha value is -2.85. The van der Waals surface area contributed by atoms with Gasteiger partial charge in [0.2, 0.25) is 5.43 Å². The highest BCUT2D eigenvalue weighted by atomic mass is 19.1. The molecule has 1 atom stereocenters. The van der Waals surface area contributed by atoms with Gasteiger partial charge in [-0.25, -0.2) is 9.18 Å². The summed E-state index contributed by atoms with van der Waals surface area (Å²) in [5.41, 5.74) is 0.0839. The summed E-state index contributed by atoms with van der Waals surface area (Å²) < 4.78 is 16.9. The molecule has 1 aromatic heterocycles. The van der Waals surface area contributed by atoms with E-state index in [4.69, 9.17) is 6.42 Å². The van der Waals surface area contributed by atoms with Crippen molar-refractivity contribution >= 4 is 22.6 Å². The monoisotopic (exact) mass is 383 g/mol. The molecule has 2 N–H and O–H groups in total. The second-order valence-electron chi connectivity index (χ2n) is 7.60. The van der Waals surface area contributed by atoms with Crippen LogP contribution in [0.25, 0.3) is 10.9 Å². The summed E-state index contributed by atoms with van der Waals surface area (Å²) >= 11 is 0. The molecule has 1 aromatic carbocycles. The lowest BCUT2D eigenvalue weighted by atomic mass is 10.0. The lowest BCUT2D eigenvalue weighted by Gasteiger charge is -2.24. The first kappa shape index (κ1) is 18.5. The number of benzene rings is 1. The van der Waals surface area contributed by atoms with Crippen LogP contribution in [0.4, 0.5) is 10.1 Å². The molecule has 0 spiro atoms. The topological polar surface area (TPSA) is 74.6 Å². The molecule has 2 aromatic rings. The zero-order valence-electron chi connectivity index (χ0n) is 15.7. The summed E-state index contributed by atoms with van der Waals surface area (Å²) in [6.07, 6.45) is 9.84. The summed E-state index contributed by atoms with van der Waals surface area (Å²) in [7, 11) is 1.89. The van der Waals surface area contributed by atoms with Crippen LogP contribution < -0.4 is 15.6 Å². The van der Waals surface area contributed by atoms with E-state index in [2.05, 4.69) is 11.2 Å². The highest BCUT2D eigenvalue weighted by molar-refractivity contribution is 5.96. The van der Waals surface area contributed by atoms with Crippen LogP contribution in [-0.2, 0) is 0 Å². The number of carboxylic acid groups (broad SMARTS) is 1. The van der Waals surface area contributed by atoms with Gasteiger partial charge in [-0.1, -0.05) is 5.92 Å². The third-order valence-corrected chi connectivity index (χ3v) is 5.65. The highest BCUT2D eigenvalue weighted by Crippen LogP contribution is 2.40. The van der Waals surface area contributed by atoms with Crippen LogP contribution in [0.15, 0.2) is 17.1 Å². The number of hydrogen-bond acceptors (Lipinski definition) is 4. The van der Waals surface area contributed by atoms with Gasteiger partial charge in [-0.2, -0.15) is 0 Å². The molecule has 1 aliphatic heterocycles. The largest absolute Gasteiger partial charge is 0.477 e. The van der Waals surface area contributed by atoms with Crippen LogP contribution in [0.1, 0.15) is 41.2 Å². The number of nitrogens with one attached hydrogen (secondary N) is 1. The number of hydrogen-bond donors (Lipinski definition) is 2. The number of nitrogens with zero attached hydrogens (tertiary/aromatic N) is 2. The van der Waals surface area contributed by atoms with E-state index in [1.807, 2.05) is 11.9 Å². The van der Waals surface area contributed by atoms with Gasteiger partial charge in [0.25, 0.3) is 0 Å². The average Bonchev–Trinajstić information content (AvgIpc) is 3.40. The second kappa shape index (κ2) is 6.95. The Morgan fingerprint density at radius 3 is 2.79 bits per heavy atom. The number of fused-ring (bicyclic) bond motifs is 1. The van der Waals surface area contributed by atoms with E-state index in [-0.39, 0.29) is 17.0 Å². The fourth-order valence-electron chi connectivity index (χ4n) is 4.21. The molecule has 0 amide bonds. The number of halogens is 1. The van der Waals surface area contributed by atoms with Crippen LogP contribution in [0.3, 0.4) is 0 Å². The normalized spacial score (nSPS) is 19.2. The molecule has 2 heterocycles. The minimum absolute atomic E-state index is 0.0342. The van der Waals surface area contributed by atoms with E-state index < -0.39 is 17.2 Å². The summed E-state index contributed by atoms with van der Waals surface area (Å²) in [5.74, 6) is 1.10. The second-order valence-corrected chi connectivity index (χ2v) is 7.60. The maximum absolute atomic E-state index is 15.1. The Kier molecular flexibility index (Phi) is 4.60. The quantitative estimate of drug-likeness (QED) is 0.775. The van der Waals surface area contributed by atoms with Crippen molar-refractivity contribution in [1.29, 1.82) is 0 Å². The van der Waals surface area contributed by atoms with Gasteiger partial charge in [-0.15, -0.1) is 6.42 Å². The van der Waals surface area contributed by atoms with Crippen LogP contribution >= 0.6 is 0 Å². The zero-order chi connectivity index (χ0) is 20.0. The van der Waals surface area contributed by atoms with Gasteiger partial charge < -0.3 is 19.9 Å². The molecule has 2 aliphatic rings. The predicted octanol–water partition coefficient (Wildman–Crippen LogP) is 2.20. The van der Waals surface area contributed by atoms with E-state index >= 15 is 4.39 Å². The van der Waals surface area contributed by atoms with Crippen LogP contribution in [0.5, 0.6) is 0 Å². The Bertz CT molecular complexity index is 1070. The van der Waals surface area contributed by atoms with Crippen LogP contribution in [-0.4, -0.2) is 42.3 Å². The summed E-state index contributed by atoms with van der Waals surface area (Å²) in [6, 6.07) is 1.24. The summed E-state index contributed by atoms with van der Waals surface area (Å²) in [6.45, 7) is 2.20. The lowest BCUT2D eigenvalue weighted by molar-refractivity contribution is 0.0695. The van der Waals surface area contributed by atoms with Gasteiger partial charge in [-0.05, 0) is 44.8 Å². The third-order valence-electron chi connectivity index (χ3n) is 5.65. The fourth-order valence-corrected chi connectivity index (χ4v) is 4.21. The molecule has 0 radical (unpaired) electrons. The summed E-state index contributed by atoms with van der Waals surface area (Å²) in [4.78, 5) is 26.2. The van der Waals surface area contributed by atoms with Crippen molar-refractivity contribution in [1.82, 2.24) is 9.88 Å². The first-order valence-electron chi connectivity index (χ1n) is 9.47. The van der Waals surface area contributed by atoms with Crippen molar-refractivity contribution in [2.75, 3.05) is 31.6 Å². The number of anilines is 1. The minimum Gasteiger partial charge on any atom is -0.477 e. The molecule has 28 heavy (non-hydrogen) atoms. The van der Waals surface area contributed by atoms with Gasteiger partial charge >= 0.3 is 5.97 Å². The number of aromatic carboxylic acids is 1. The number of pyridine rings is 1. The molecule has 1 unspecified atom stereocenters. The molecule has 2 fully saturated rings. The average molecular weight is 383 g/mol. The fraction of sp³-hybridized carbons (Fsp3) is 0.429. The predicted molar refractivity (Wildman–Crippen MR) is 106 cm³/mol. The highest BCUT2D eigenvalue weighted by Gasteiger charge is 2.32. The molecule has 7 heteroatoms. The first-order chi connectivity index (χ1) is 13.5. The van der Waals surface area contributed by atoms with Crippen molar-refractivity contribution in [3.8, 4) is 12.3 Å². The Labute approximate surface area is 162 Å². The van der Waals surface area contributed by atoms with Crippen LogP contribution in [0, 0.1) is 24.1 Å². The third kappa shape index (κ3) is 2.94. The molecule has 4 rings (SSSR count). The zero-order valence-corrected chi connectivity index (χ0v) is 15.7. The Morgan fingerprint density at radius 1 is 1.43 bits per heavy atom. The van der Waals surface area contributed by atoms with Gasteiger partial charge in [0.05, 0.1) is 22.2 Å². The van der Waals surface area contributed by atoms with Gasteiger partial charge in [0.1, 0.15) is 11.4 Å². The number of terminal acetylenes is 1. The molecule has 1 aliphatic carbocycles. The van der Waals surface area contributed by atoms with E-state index in [0.29, 0.717) is 35.8 Å². The van der Waals surface area contributed by atoms with Crippen molar-refractivity contribution in [2.24, 2.45) is 5.92 Å². The smallest absolute Gasteiger partial charge is 0.341 e. The molecule has 1 saturated carbocycles. The Morgan fingerprint density at radius 2 is 2.18 bits per heavy atom. The maximum Gasteiger partial charge on any atom is 0.341 e. The Balaban J connectivity index is 1.97. The molecular formula is C21H22FN3O3. The van der Waals surface area contributed by atoms with Gasteiger partial charge in [0, 0.05) is 25.3 Å².